The molecule has 0 heterocycles. The molecule has 33 heavy (non-hydrogen) atoms. The summed E-state index contributed by atoms with van der Waals surface area (Å²) >= 11 is 3.36. The Morgan fingerprint density at radius 3 is 2.42 bits per heavy atom. The number of aryl methyl sites for hydroxylation is 1. The quantitative estimate of drug-likeness (QED) is 0.333. The number of halogens is 1. The molecule has 0 aliphatic rings. The van der Waals surface area contributed by atoms with Crippen molar-refractivity contribution in [3.63, 3.8) is 0 Å². The summed E-state index contributed by atoms with van der Waals surface area (Å²) in [6, 6.07) is 21.1. The lowest BCUT2D eigenvalue weighted by Gasteiger charge is -2.22. The summed E-state index contributed by atoms with van der Waals surface area (Å²) in [6.45, 7) is 1.42. The number of nitrogens with zero attached hydrogens (tertiary/aromatic N) is 2. The van der Waals surface area contributed by atoms with E-state index in [1.807, 2.05) is 54.6 Å². The van der Waals surface area contributed by atoms with Crippen LogP contribution in [-0.2, 0) is 21.4 Å². The van der Waals surface area contributed by atoms with Gasteiger partial charge in [-0.1, -0.05) is 58.4 Å². The Kier molecular flexibility index (Phi) is 8.37. The Hall–Kier alpha value is -3.01. The van der Waals surface area contributed by atoms with Crippen LogP contribution in [0.5, 0.6) is 5.75 Å². The maximum Gasteiger partial charge on any atom is 0.255 e. The van der Waals surface area contributed by atoms with Gasteiger partial charge in [0.1, 0.15) is 5.75 Å². The first-order valence-corrected chi connectivity index (χ1v) is 12.3. The number of ether oxygens (including phenoxy) is 1. The Bertz CT molecular complexity index is 1230. The fraction of sp³-hybridized carbons (Fsp3) is 0.167. The number of sulfonamides is 1. The third-order valence-electron chi connectivity index (χ3n) is 4.80. The summed E-state index contributed by atoms with van der Waals surface area (Å²) in [5.74, 6) is 0.0386. The average molecular weight is 530 g/mol. The minimum absolute atomic E-state index is 0.0398. The van der Waals surface area contributed by atoms with E-state index in [9.17, 15) is 13.2 Å². The summed E-state index contributed by atoms with van der Waals surface area (Å²) in [4.78, 5) is 12.7. The lowest BCUT2D eigenvalue weighted by atomic mass is 10.2. The molecule has 3 aromatic rings. The maximum atomic E-state index is 13.4. The van der Waals surface area contributed by atoms with Crippen LogP contribution in [0, 0.1) is 6.92 Å². The van der Waals surface area contributed by atoms with E-state index in [2.05, 4.69) is 26.5 Å². The molecular weight excluding hydrogens is 506 g/mol. The average Bonchev–Trinajstić information content (AvgIpc) is 2.80. The second-order valence-corrected chi connectivity index (χ2v) is 10.1. The van der Waals surface area contributed by atoms with Crippen LogP contribution in [0.2, 0.25) is 0 Å². The van der Waals surface area contributed by atoms with E-state index < -0.39 is 15.9 Å². The number of carbonyl (C=O) groups is 1. The van der Waals surface area contributed by atoms with Gasteiger partial charge in [0, 0.05) is 11.0 Å². The number of hydrazone groups is 1. The molecule has 3 rings (SSSR count). The second kappa shape index (κ2) is 11.2. The molecule has 0 aliphatic carbocycles. The van der Waals surface area contributed by atoms with Crippen LogP contribution in [0.3, 0.4) is 0 Å². The van der Waals surface area contributed by atoms with Crippen molar-refractivity contribution in [1.29, 1.82) is 0 Å². The Morgan fingerprint density at radius 2 is 1.79 bits per heavy atom. The summed E-state index contributed by atoms with van der Waals surface area (Å²) in [5, 5.41) is 3.95. The van der Waals surface area contributed by atoms with E-state index in [0.717, 1.165) is 19.9 Å². The van der Waals surface area contributed by atoms with Gasteiger partial charge >= 0.3 is 0 Å². The minimum atomic E-state index is -3.96. The van der Waals surface area contributed by atoms with Gasteiger partial charge in [-0.2, -0.15) is 9.41 Å². The number of hydrogen-bond acceptors (Lipinski definition) is 5. The minimum Gasteiger partial charge on any atom is -0.496 e. The van der Waals surface area contributed by atoms with E-state index in [0.29, 0.717) is 11.3 Å². The van der Waals surface area contributed by atoms with E-state index in [1.165, 1.54) is 25.5 Å². The molecule has 0 aromatic heterocycles. The van der Waals surface area contributed by atoms with Gasteiger partial charge in [-0.15, -0.1) is 0 Å². The number of amides is 1. The van der Waals surface area contributed by atoms with Gasteiger partial charge in [-0.3, -0.25) is 4.79 Å². The number of hydrogen-bond donors (Lipinski definition) is 1. The third-order valence-corrected chi connectivity index (χ3v) is 7.12. The molecule has 0 bridgehead atoms. The van der Waals surface area contributed by atoms with Crippen molar-refractivity contribution in [1.82, 2.24) is 9.73 Å². The molecule has 172 valence electrons. The molecule has 0 saturated carbocycles. The SMILES string of the molecule is COc1ccc(S(=O)(=O)N(CC(=O)N/N=C/c2ccc(Br)cc2)Cc2ccccc2)cc1C. The van der Waals surface area contributed by atoms with Crippen LogP contribution in [0.15, 0.2) is 87.3 Å². The standard InChI is InChI=1S/C24H24BrN3O4S/c1-18-14-22(12-13-23(18)32-2)33(30,31)28(16-20-6-4-3-5-7-20)17-24(29)27-26-15-19-8-10-21(25)11-9-19/h3-15H,16-17H2,1-2H3,(H,27,29)/b26-15+. The van der Waals surface area contributed by atoms with Crippen LogP contribution < -0.4 is 10.2 Å². The Morgan fingerprint density at radius 1 is 1.09 bits per heavy atom. The summed E-state index contributed by atoms with van der Waals surface area (Å²) in [6.07, 6.45) is 1.49. The largest absolute Gasteiger partial charge is 0.496 e. The fourth-order valence-electron chi connectivity index (χ4n) is 3.10. The molecule has 0 saturated heterocycles. The highest BCUT2D eigenvalue weighted by molar-refractivity contribution is 9.10. The molecule has 3 aromatic carbocycles. The van der Waals surface area contributed by atoms with Crippen LogP contribution in [0.1, 0.15) is 16.7 Å². The van der Waals surface area contributed by atoms with Crippen LogP contribution in [-0.4, -0.2) is 38.5 Å². The van der Waals surface area contributed by atoms with Gasteiger partial charge in [0.2, 0.25) is 10.0 Å². The lowest BCUT2D eigenvalue weighted by Crippen LogP contribution is -2.39. The highest BCUT2D eigenvalue weighted by Crippen LogP contribution is 2.24. The van der Waals surface area contributed by atoms with Gasteiger partial charge in [0.15, 0.2) is 0 Å². The molecule has 9 heteroatoms. The van der Waals surface area contributed by atoms with Crippen molar-refractivity contribution in [2.24, 2.45) is 5.10 Å². The van der Waals surface area contributed by atoms with Crippen molar-refractivity contribution in [3.05, 3.63) is 94.0 Å². The molecule has 0 atom stereocenters. The maximum absolute atomic E-state index is 13.4. The highest BCUT2D eigenvalue weighted by Gasteiger charge is 2.27. The van der Waals surface area contributed by atoms with Gasteiger partial charge < -0.3 is 4.74 Å². The predicted molar refractivity (Wildman–Crippen MR) is 132 cm³/mol. The molecule has 1 N–H and O–H groups in total. The highest BCUT2D eigenvalue weighted by atomic mass is 79.9. The van der Waals surface area contributed by atoms with E-state index in [4.69, 9.17) is 4.74 Å². The van der Waals surface area contributed by atoms with Gasteiger partial charge in [0.05, 0.1) is 24.8 Å². The number of carbonyl (C=O) groups excluding carboxylic acids is 1. The number of nitrogens with one attached hydrogen (secondary N) is 1. The predicted octanol–water partition coefficient (Wildman–Crippen LogP) is 4.11. The van der Waals surface area contributed by atoms with Crippen molar-refractivity contribution in [2.75, 3.05) is 13.7 Å². The molecule has 1 amide bonds. The first kappa shape index (κ1) is 24.6. The first-order chi connectivity index (χ1) is 15.8. The van der Waals surface area contributed by atoms with Crippen LogP contribution in [0.25, 0.3) is 0 Å². The van der Waals surface area contributed by atoms with Crippen molar-refractivity contribution in [3.8, 4) is 5.75 Å². The molecular formula is C24H24BrN3O4S. The number of benzene rings is 3. The topological polar surface area (TPSA) is 88.1 Å². The van der Waals surface area contributed by atoms with Gasteiger partial charge in [-0.05, 0) is 53.9 Å². The zero-order valence-corrected chi connectivity index (χ0v) is 20.6. The molecule has 0 unspecified atom stereocenters. The third kappa shape index (κ3) is 6.74. The zero-order valence-electron chi connectivity index (χ0n) is 18.2. The van der Waals surface area contributed by atoms with Crippen LogP contribution >= 0.6 is 15.9 Å². The molecule has 0 radical (unpaired) electrons. The molecule has 0 spiro atoms. The molecule has 0 fully saturated rings. The Balaban J connectivity index is 1.80. The summed E-state index contributed by atoms with van der Waals surface area (Å²) in [7, 11) is -2.44. The van der Waals surface area contributed by atoms with Crippen molar-refractivity contribution >= 4 is 38.1 Å². The van der Waals surface area contributed by atoms with E-state index in [-0.39, 0.29) is 18.0 Å². The van der Waals surface area contributed by atoms with E-state index >= 15 is 0 Å². The van der Waals surface area contributed by atoms with Crippen LogP contribution in [0.4, 0.5) is 0 Å². The first-order valence-electron chi connectivity index (χ1n) is 10.1. The second-order valence-electron chi connectivity index (χ2n) is 7.23. The molecule has 7 nitrogen and oxygen atoms in total. The monoisotopic (exact) mass is 529 g/mol. The Labute approximate surface area is 202 Å². The van der Waals surface area contributed by atoms with E-state index in [1.54, 1.807) is 13.0 Å². The normalized spacial score (nSPS) is 11.6. The van der Waals surface area contributed by atoms with Crippen molar-refractivity contribution in [2.45, 2.75) is 18.4 Å². The number of rotatable bonds is 9. The van der Waals surface area contributed by atoms with Gasteiger partial charge in [0.25, 0.3) is 5.91 Å². The van der Waals surface area contributed by atoms with Gasteiger partial charge in [-0.25, -0.2) is 13.8 Å². The van der Waals surface area contributed by atoms with Crippen molar-refractivity contribution < 1.29 is 17.9 Å². The number of methoxy groups -OCH3 is 1. The summed E-state index contributed by atoms with van der Waals surface area (Å²) in [5.41, 5.74) is 4.64. The zero-order chi connectivity index (χ0) is 23.8. The smallest absolute Gasteiger partial charge is 0.255 e. The fourth-order valence-corrected chi connectivity index (χ4v) is 4.83. The summed E-state index contributed by atoms with van der Waals surface area (Å²) < 4.78 is 34.1. The molecule has 0 aliphatic heterocycles. The lowest BCUT2D eigenvalue weighted by molar-refractivity contribution is -0.121.